The second-order valence-electron chi connectivity index (χ2n) is 4.55. The summed E-state index contributed by atoms with van der Waals surface area (Å²) in [4.78, 5) is 4.03. The van der Waals surface area contributed by atoms with E-state index in [1.165, 1.54) is 6.07 Å². The molecule has 0 aliphatic rings. The largest absolute Gasteiger partial charge is 0.487 e. The van der Waals surface area contributed by atoms with Crippen molar-refractivity contribution < 1.29 is 13.2 Å². The van der Waals surface area contributed by atoms with E-state index in [2.05, 4.69) is 9.71 Å². The van der Waals surface area contributed by atoms with Crippen molar-refractivity contribution in [2.24, 2.45) is 0 Å². The fourth-order valence-corrected chi connectivity index (χ4v) is 2.61. The van der Waals surface area contributed by atoms with Crippen LogP contribution in [0.1, 0.15) is 11.3 Å². The number of hydrogen-bond donors (Lipinski definition) is 1. The molecule has 0 amide bonds. The summed E-state index contributed by atoms with van der Waals surface area (Å²) in [7, 11) is -3.43. The number of aryl methyl sites for hydroxylation is 1. The van der Waals surface area contributed by atoms with Gasteiger partial charge in [-0.1, -0.05) is 41.9 Å². The Morgan fingerprint density at radius 2 is 1.95 bits per heavy atom. The zero-order valence-corrected chi connectivity index (χ0v) is 13.2. The van der Waals surface area contributed by atoms with Gasteiger partial charge in [-0.3, -0.25) is 4.72 Å². The number of sulfonamides is 1. The third-order valence-corrected chi connectivity index (χ3v) is 3.43. The molecule has 0 aliphatic carbocycles. The number of halogens is 1. The highest BCUT2D eigenvalue weighted by Crippen LogP contribution is 2.31. The van der Waals surface area contributed by atoms with Crippen molar-refractivity contribution in [3.63, 3.8) is 0 Å². The molecule has 0 spiro atoms. The van der Waals surface area contributed by atoms with Gasteiger partial charge in [0.15, 0.2) is 0 Å². The number of pyridine rings is 1. The van der Waals surface area contributed by atoms with Gasteiger partial charge in [-0.2, -0.15) is 0 Å². The first-order valence-electron chi connectivity index (χ1n) is 6.17. The van der Waals surface area contributed by atoms with Crippen LogP contribution in [-0.4, -0.2) is 19.7 Å². The summed E-state index contributed by atoms with van der Waals surface area (Å²) in [5.74, 6) is 0.349. The predicted molar refractivity (Wildman–Crippen MR) is 83.2 cm³/mol. The number of hydrogen-bond acceptors (Lipinski definition) is 4. The Hall–Kier alpha value is -1.79. The Kier molecular flexibility index (Phi) is 4.69. The van der Waals surface area contributed by atoms with Gasteiger partial charge < -0.3 is 4.74 Å². The minimum atomic E-state index is -3.43. The maximum atomic E-state index is 11.4. The fourth-order valence-electron chi connectivity index (χ4n) is 1.77. The lowest BCUT2D eigenvalue weighted by Crippen LogP contribution is -2.13. The number of anilines is 1. The molecule has 5 nitrogen and oxygen atoms in total. The molecule has 1 aromatic carbocycles. The summed E-state index contributed by atoms with van der Waals surface area (Å²) in [6.45, 7) is 1.97. The van der Waals surface area contributed by atoms with Crippen molar-refractivity contribution in [3.05, 3.63) is 52.8 Å². The second kappa shape index (κ2) is 6.32. The quantitative estimate of drug-likeness (QED) is 0.858. The first kappa shape index (κ1) is 15.6. The Bertz CT molecular complexity index is 733. The Balaban J connectivity index is 2.29. The van der Waals surface area contributed by atoms with Gasteiger partial charge in [0.2, 0.25) is 10.0 Å². The van der Waals surface area contributed by atoms with Gasteiger partial charge in [0.1, 0.15) is 23.2 Å². The lowest BCUT2D eigenvalue weighted by atomic mass is 10.2. The molecule has 0 bridgehead atoms. The molecular formula is C14H15ClN2O3S. The standard InChI is InChI=1S/C14H15ClN2O3S/c1-10-14(17-21(2,18)19)12(8-13(15)16-10)20-9-11-6-4-3-5-7-11/h3-8,17H,9H2,1-2H3. The summed E-state index contributed by atoms with van der Waals surface area (Å²) >= 11 is 5.91. The second-order valence-corrected chi connectivity index (χ2v) is 6.69. The number of rotatable bonds is 5. The summed E-state index contributed by atoms with van der Waals surface area (Å²) in [5.41, 5.74) is 1.72. The third kappa shape index (κ3) is 4.61. The SMILES string of the molecule is Cc1nc(Cl)cc(OCc2ccccc2)c1NS(C)(=O)=O. The van der Waals surface area contributed by atoms with Crippen molar-refractivity contribution in [3.8, 4) is 5.75 Å². The molecule has 112 valence electrons. The van der Waals surface area contributed by atoms with E-state index in [0.29, 0.717) is 23.7 Å². The van der Waals surface area contributed by atoms with Gasteiger partial charge in [0.25, 0.3) is 0 Å². The fraction of sp³-hybridized carbons (Fsp3) is 0.214. The van der Waals surface area contributed by atoms with E-state index in [1.54, 1.807) is 6.92 Å². The van der Waals surface area contributed by atoms with Gasteiger partial charge in [0.05, 0.1) is 11.9 Å². The number of nitrogens with zero attached hydrogens (tertiary/aromatic N) is 1. The highest BCUT2D eigenvalue weighted by atomic mass is 35.5. The van der Waals surface area contributed by atoms with E-state index in [0.717, 1.165) is 11.8 Å². The Labute approximate surface area is 129 Å². The molecule has 0 aliphatic heterocycles. The van der Waals surface area contributed by atoms with Gasteiger partial charge in [-0.05, 0) is 12.5 Å². The van der Waals surface area contributed by atoms with Crippen LogP contribution in [0.4, 0.5) is 5.69 Å². The first-order chi connectivity index (χ1) is 9.85. The van der Waals surface area contributed by atoms with Crippen molar-refractivity contribution in [2.45, 2.75) is 13.5 Å². The summed E-state index contributed by atoms with van der Waals surface area (Å²) in [5, 5.41) is 0.245. The van der Waals surface area contributed by atoms with Crippen LogP contribution >= 0.6 is 11.6 Å². The van der Waals surface area contributed by atoms with Gasteiger partial charge in [-0.15, -0.1) is 0 Å². The smallest absolute Gasteiger partial charge is 0.229 e. The third-order valence-electron chi connectivity index (χ3n) is 2.66. The van der Waals surface area contributed by atoms with Crippen LogP contribution in [0.5, 0.6) is 5.75 Å². The van der Waals surface area contributed by atoms with E-state index < -0.39 is 10.0 Å². The summed E-state index contributed by atoms with van der Waals surface area (Å²) < 4.78 is 31.0. The van der Waals surface area contributed by atoms with Crippen LogP contribution in [0.3, 0.4) is 0 Å². The maximum absolute atomic E-state index is 11.4. The van der Waals surface area contributed by atoms with Crippen molar-refractivity contribution >= 4 is 27.3 Å². The topological polar surface area (TPSA) is 68.3 Å². The number of aromatic nitrogens is 1. The van der Waals surface area contributed by atoms with E-state index in [-0.39, 0.29) is 5.15 Å². The van der Waals surface area contributed by atoms with Gasteiger partial charge in [-0.25, -0.2) is 13.4 Å². The van der Waals surface area contributed by atoms with Gasteiger partial charge in [0, 0.05) is 6.07 Å². The van der Waals surface area contributed by atoms with Crippen LogP contribution in [0.2, 0.25) is 5.15 Å². The normalized spacial score (nSPS) is 11.2. The lowest BCUT2D eigenvalue weighted by molar-refractivity contribution is 0.307. The monoisotopic (exact) mass is 326 g/mol. The van der Waals surface area contributed by atoms with Crippen molar-refractivity contribution in [1.29, 1.82) is 0 Å². The number of ether oxygens (including phenoxy) is 1. The molecular weight excluding hydrogens is 312 g/mol. The van der Waals surface area contributed by atoms with Crippen LogP contribution in [0.15, 0.2) is 36.4 Å². The zero-order chi connectivity index (χ0) is 15.5. The average molecular weight is 327 g/mol. The zero-order valence-electron chi connectivity index (χ0n) is 11.6. The van der Waals surface area contributed by atoms with Crippen LogP contribution in [0.25, 0.3) is 0 Å². The molecule has 0 saturated heterocycles. The molecule has 1 heterocycles. The molecule has 2 aromatic rings. The van der Waals surface area contributed by atoms with E-state index >= 15 is 0 Å². The molecule has 1 aromatic heterocycles. The molecule has 1 N–H and O–H groups in total. The molecule has 0 unspecified atom stereocenters. The lowest BCUT2D eigenvalue weighted by Gasteiger charge is -2.14. The molecule has 2 rings (SSSR count). The van der Waals surface area contributed by atoms with E-state index in [1.807, 2.05) is 30.3 Å². The molecule has 0 fully saturated rings. The first-order valence-corrected chi connectivity index (χ1v) is 8.44. The summed E-state index contributed by atoms with van der Waals surface area (Å²) in [6.07, 6.45) is 1.07. The van der Waals surface area contributed by atoms with Crippen molar-refractivity contribution in [2.75, 3.05) is 11.0 Å². The Morgan fingerprint density at radius 3 is 2.57 bits per heavy atom. The van der Waals surface area contributed by atoms with Crippen LogP contribution in [-0.2, 0) is 16.6 Å². The van der Waals surface area contributed by atoms with Crippen LogP contribution < -0.4 is 9.46 Å². The highest BCUT2D eigenvalue weighted by molar-refractivity contribution is 7.92. The Morgan fingerprint density at radius 1 is 1.29 bits per heavy atom. The van der Waals surface area contributed by atoms with Gasteiger partial charge >= 0.3 is 0 Å². The number of nitrogens with one attached hydrogen (secondary N) is 1. The van der Waals surface area contributed by atoms with Crippen molar-refractivity contribution in [1.82, 2.24) is 4.98 Å². The average Bonchev–Trinajstić information content (AvgIpc) is 2.40. The molecule has 0 radical (unpaired) electrons. The highest BCUT2D eigenvalue weighted by Gasteiger charge is 2.14. The molecule has 21 heavy (non-hydrogen) atoms. The maximum Gasteiger partial charge on any atom is 0.229 e. The molecule has 0 saturated carbocycles. The predicted octanol–water partition coefficient (Wildman–Crippen LogP) is 2.99. The van der Waals surface area contributed by atoms with Crippen LogP contribution in [0, 0.1) is 6.92 Å². The molecule has 0 atom stereocenters. The van der Waals surface area contributed by atoms with E-state index in [9.17, 15) is 8.42 Å². The summed E-state index contributed by atoms with van der Waals surface area (Å²) in [6, 6.07) is 11.0. The number of benzene rings is 1. The molecule has 7 heteroatoms. The minimum absolute atomic E-state index is 0.245. The minimum Gasteiger partial charge on any atom is -0.487 e. The van der Waals surface area contributed by atoms with E-state index in [4.69, 9.17) is 16.3 Å².